The average molecular weight is 262 g/mol. The number of anilines is 1. The second-order valence-electron chi connectivity index (χ2n) is 2.51. The fraction of sp³-hybridized carbons (Fsp3) is 0. The Morgan fingerprint density at radius 3 is 2.56 bits per heavy atom. The summed E-state index contributed by atoms with van der Waals surface area (Å²) in [5.41, 5.74) is 0. The zero-order chi connectivity index (χ0) is 12.1. The molecule has 8 heteroatoms. The monoisotopic (exact) mass is 261 g/mol. The number of carboxylic acids is 1. The highest BCUT2D eigenvalue weighted by Gasteiger charge is 2.03. The molecule has 0 aromatic carbocycles. The van der Waals surface area contributed by atoms with Crippen molar-refractivity contribution in [3.05, 3.63) is 28.7 Å². The summed E-state index contributed by atoms with van der Waals surface area (Å²) in [5, 5.41) is 10.5. The topological polar surface area (TPSA) is 92.2 Å². The highest BCUT2D eigenvalue weighted by Crippen LogP contribution is 2.14. The van der Waals surface area contributed by atoms with Gasteiger partial charge in [-0.15, -0.1) is 0 Å². The third kappa shape index (κ3) is 4.24. The van der Waals surface area contributed by atoms with Gasteiger partial charge in [-0.05, 0) is 11.6 Å². The first kappa shape index (κ1) is 12.4. The average Bonchev–Trinajstić information content (AvgIpc) is 2.12. The molecule has 0 saturated carbocycles. The number of nitrogens with zero attached hydrogens (tertiary/aromatic N) is 2. The number of carbonyl (C=O) groups excluding carboxylic acids is 1. The van der Waals surface area contributed by atoms with E-state index in [1.807, 2.05) is 0 Å². The highest BCUT2D eigenvalue weighted by atomic mass is 35.5. The minimum Gasteiger partial charge on any atom is -0.478 e. The van der Waals surface area contributed by atoms with Crippen molar-refractivity contribution >= 4 is 40.9 Å². The maximum atomic E-state index is 11.1. The number of amides is 1. The molecule has 0 saturated heterocycles. The third-order valence-corrected chi connectivity index (χ3v) is 1.66. The van der Waals surface area contributed by atoms with Gasteiger partial charge in [-0.1, -0.05) is 11.6 Å². The summed E-state index contributed by atoms with van der Waals surface area (Å²) in [4.78, 5) is 28.5. The molecule has 16 heavy (non-hydrogen) atoms. The molecule has 0 aliphatic rings. The van der Waals surface area contributed by atoms with Crippen LogP contribution in [0.5, 0.6) is 0 Å². The Kier molecular flexibility index (Phi) is 4.21. The molecule has 1 rings (SSSR count). The lowest BCUT2D eigenvalue weighted by molar-refractivity contribution is -0.131. The Balaban J connectivity index is 2.73. The van der Waals surface area contributed by atoms with E-state index < -0.39 is 11.9 Å². The van der Waals surface area contributed by atoms with E-state index in [4.69, 9.17) is 28.3 Å². The standard InChI is InChI=1S/C8H5Cl2N3O3/c9-4-3-5(13-8(10)11-4)12-6(14)1-2-7(15)16/h1-3H,(H,15,16)(H,11,12,13,14)/b2-1+. The summed E-state index contributed by atoms with van der Waals surface area (Å²) >= 11 is 11.1. The van der Waals surface area contributed by atoms with Crippen LogP contribution < -0.4 is 5.32 Å². The maximum absolute atomic E-state index is 11.1. The van der Waals surface area contributed by atoms with Gasteiger partial charge in [0.05, 0.1) is 0 Å². The number of hydrogen-bond donors (Lipinski definition) is 2. The normalized spacial score (nSPS) is 10.4. The lowest BCUT2D eigenvalue weighted by Crippen LogP contribution is -2.10. The predicted molar refractivity (Wildman–Crippen MR) is 57.5 cm³/mol. The van der Waals surface area contributed by atoms with Gasteiger partial charge >= 0.3 is 5.97 Å². The molecule has 6 nitrogen and oxygen atoms in total. The summed E-state index contributed by atoms with van der Waals surface area (Å²) in [6.45, 7) is 0. The molecule has 1 aromatic heterocycles. The molecule has 0 unspecified atom stereocenters. The SMILES string of the molecule is O=C(O)/C=C/C(=O)Nc1cc(Cl)nc(Cl)n1. The lowest BCUT2D eigenvalue weighted by Gasteiger charge is -2.01. The van der Waals surface area contributed by atoms with Crippen LogP contribution in [0.2, 0.25) is 10.4 Å². The van der Waals surface area contributed by atoms with Gasteiger partial charge in [-0.25, -0.2) is 14.8 Å². The first-order valence-electron chi connectivity index (χ1n) is 3.89. The van der Waals surface area contributed by atoms with Crippen molar-refractivity contribution in [3.63, 3.8) is 0 Å². The molecule has 1 amide bonds. The first-order chi connectivity index (χ1) is 7.47. The quantitative estimate of drug-likeness (QED) is 0.487. The molecular formula is C8H5Cl2N3O3. The zero-order valence-corrected chi connectivity index (χ0v) is 9.16. The van der Waals surface area contributed by atoms with E-state index in [0.717, 1.165) is 6.08 Å². The van der Waals surface area contributed by atoms with E-state index in [9.17, 15) is 9.59 Å². The van der Waals surface area contributed by atoms with Crippen molar-refractivity contribution in [1.82, 2.24) is 9.97 Å². The van der Waals surface area contributed by atoms with Crippen LogP contribution in [0.4, 0.5) is 5.82 Å². The Hall–Kier alpha value is -1.66. The van der Waals surface area contributed by atoms with Crippen molar-refractivity contribution in [3.8, 4) is 0 Å². The van der Waals surface area contributed by atoms with Crippen LogP contribution in [-0.2, 0) is 9.59 Å². The van der Waals surface area contributed by atoms with Crippen LogP contribution in [0.3, 0.4) is 0 Å². The van der Waals surface area contributed by atoms with E-state index in [2.05, 4.69) is 15.3 Å². The highest BCUT2D eigenvalue weighted by molar-refractivity contribution is 6.32. The predicted octanol–water partition coefficient (Wildman–Crippen LogP) is 1.36. The van der Waals surface area contributed by atoms with E-state index in [-0.39, 0.29) is 16.3 Å². The summed E-state index contributed by atoms with van der Waals surface area (Å²) in [5.74, 6) is -1.80. The molecular weight excluding hydrogens is 257 g/mol. The summed E-state index contributed by atoms with van der Waals surface area (Å²) < 4.78 is 0. The van der Waals surface area contributed by atoms with Crippen molar-refractivity contribution in [2.75, 3.05) is 5.32 Å². The molecule has 1 aromatic rings. The molecule has 0 aliphatic heterocycles. The van der Waals surface area contributed by atoms with Crippen molar-refractivity contribution in [2.45, 2.75) is 0 Å². The molecule has 2 N–H and O–H groups in total. The van der Waals surface area contributed by atoms with Crippen LogP contribution in [0.1, 0.15) is 0 Å². The summed E-state index contributed by atoms with van der Waals surface area (Å²) in [7, 11) is 0. The van der Waals surface area contributed by atoms with Crippen LogP contribution in [0.25, 0.3) is 0 Å². The molecule has 0 radical (unpaired) electrons. The van der Waals surface area contributed by atoms with Gasteiger partial charge in [0, 0.05) is 18.2 Å². The lowest BCUT2D eigenvalue weighted by atomic mass is 10.4. The van der Waals surface area contributed by atoms with Crippen LogP contribution in [0.15, 0.2) is 18.2 Å². The van der Waals surface area contributed by atoms with Gasteiger partial charge in [0.2, 0.25) is 11.2 Å². The van der Waals surface area contributed by atoms with E-state index >= 15 is 0 Å². The number of aromatic nitrogens is 2. The second-order valence-corrected chi connectivity index (χ2v) is 3.23. The smallest absolute Gasteiger partial charge is 0.328 e. The van der Waals surface area contributed by atoms with Crippen LogP contribution in [-0.4, -0.2) is 27.0 Å². The van der Waals surface area contributed by atoms with Crippen molar-refractivity contribution in [1.29, 1.82) is 0 Å². The number of carbonyl (C=O) groups is 2. The fourth-order valence-electron chi connectivity index (χ4n) is 0.769. The number of halogens is 2. The molecule has 0 atom stereocenters. The third-order valence-electron chi connectivity index (χ3n) is 1.30. The Morgan fingerprint density at radius 1 is 1.31 bits per heavy atom. The Labute approximate surface area is 99.9 Å². The number of aliphatic carboxylic acids is 1. The van der Waals surface area contributed by atoms with Crippen LogP contribution in [0, 0.1) is 0 Å². The molecule has 0 bridgehead atoms. The minimum atomic E-state index is -1.23. The summed E-state index contributed by atoms with van der Waals surface area (Å²) in [6, 6.07) is 1.28. The number of hydrogen-bond acceptors (Lipinski definition) is 4. The molecule has 1 heterocycles. The molecule has 0 fully saturated rings. The van der Waals surface area contributed by atoms with Gasteiger partial charge in [-0.3, -0.25) is 4.79 Å². The van der Waals surface area contributed by atoms with Crippen molar-refractivity contribution < 1.29 is 14.7 Å². The number of rotatable bonds is 3. The van der Waals surface area contributed by atoms with Gasteiger partial charge in [0.25, 0.3) is 0 Å². The molecule has 0 aliphatic carbocycles. The van der Waals surface area contributed by atoms with Gasteiger partial charge < -0.3 is 10.4 Å². The summed E-state index contributed by atoms with van der Waals surface area (Å²) in [6.07, 6.45) is 1.53. The molecule has 0 spiro atoms. The van der Waals surface area contributed by atoms with E-state index in [0.29, 0.717) is 6.08 Å². The largest absolute Gasteiger partial charge is 0.478 e. The number of carboxylic acid groups (broad SMARTS) is 1. The Bertz CT molecular complexity index is 442. The van der Waals surface area contributed by atoms with Crippen molar-refractivity contribution in [2.24, 2.45) is 0 Å². The van der Waals surface area contributed by atoms with Crippen LogP contribution >= 0.6 is 23.2 Å². The van der Waals surface area contributed by atoms with Gasteiger partial charge in [0.15, 0.2) is 0 Å². The minimum absolute atomic E-state index is 0.0671. The van der Waals surface area contributed by atoms with E-state index in [1.165, 1.54) is 6.07 Å². The Morgan fingerprint density at radius 2 is 2.00 bits per heavy atom. The van der Waals surface area contributed by atoms with E-state index in [1.54, 1.807) is 0 Å². The second kappa shape index (κ2) is 5.43. The maximum Gasteiger partial charge on any atom is 0.328 e. The zero-order valence-electron chi connectivity index (χ0n) is 7.65. The fourth-order valence-corrected chi connectivity index (χ4v) is 1.18. The first-order valence-corrected chi connectivity index (χ1v) is 4.65. The molecule has 84 valence electrons. The van der Waals surface area contributed by atoms with Gasteiger partial charge in [0.1, 0.15) is 11.0 Å². The van der Waals surface area contributed by atoms with Gasteiger partial charge in [-0.2, -0.15) is 0 Å². The number of nitrogens with one attached hydrogen (secondary N) is 1.